The van der Waals surface area contributed by atoms with Crippen LogP contribution in [0.5, 0.6) is 5.75 Å². The van der Waals surface area contributed by atoms with Gasteiger partial charge in [-0.2, -0.15) is 5.10 Å². The first-order valence-electron chi connectivity index (χ1n) is 7.93. The monoisotopic (exact) mass is 343 g/mol. The Morgan fingerprint density at radius 2 is 2.16 bits per heavy atom. The van der Waals surface area contributed by atoms with Crippen LogP contribution in [0.25, 0.3) is 0 Å². The van der Waals surface area contributed by atoms with Gasteiger partial charge in [-0.15, -0.1) is 0 Å². The van der Waals surface area contributed by atoms with Gasteiger partial charge in [-0.3, -0.25) is 4.79 Å². The summed E-state index contributed by atoms with van der Waals surface area (Å²) in [5.41, 5.74) is 0. The van der Waals surface area contributed by atoms with E-state index in [0.717, 1.165) is 0 Å². The van der Waals surface area contributed by atoms with E-state index in [2.05, 4.69) is 10.4 Å². The third-order valence-electron chi connectivity index (χ3n) is 3.62. The largest absolute Gasteiger partial charge is 0.478 e. The highest BCUT2D eigenvalue weighted by atomic mass is 19.1. The van der Waals surface area contributed by atoms with Crippen LogP contribution in [-0.4, -0.2) is 21.8 Å². The van der Waals surface area contributed by atoms with Crippen LogP contribution in [0.3, 0.4) is 0 Å². The molecule has 130 valence electrons. The number of amides is 1. The Kier molecular flexibility index (Phi) is 5.13. The van der Waals surface area contributed by atoms with Gasteiger partial charge in [0.05, 0.1) is 12.5 Å². The highest BCUT2D eigenvalue weighted by molar-refractivity contribution is 5.93. The van der Waals surface area contributed by atoms with E-state index in [-0.39, 0.29) is 11.7 Å². The smallest absolute Gasteiger partial charge is 0.266 e. The molecule has 3 aromatic rings. The van der Waals surface area contributed by atoms with Gasteiger partial charge in [0, 0.05) is 6.07 Å². The molecule has 0 aliphatic heterocycles. The molecule has 2 aromatic heterocycles. The Morgan fingerprint density at radius 1 is 1.32 bits per heavy atom. The SMILES string of the molecule is CC[C@@H](Oc1ccccc1F)C(=O)Nc1ccnn1Cc1ccco1. The van der Waals surface area contributed by atoms with Gasteiger partial charge in [0.25, 0.3) is 5.91 Å². The summed E-state index contributed by atoms with van der Waals surface area (Å²) in [4.78, 5) is 12.5. The summed E-state index contributed by atoms with van der Waals surface area (Å²) in [7, 11) is 0. The van der Waals surface area contributed by atoms with Crippen LogP contribution in [0, 0.1) is 5.82 Å². The second kappa shape index (κ2) is 7.65. The fourth-order valence-corrected chi connectivity index (χ4v) is 2.34. The normalized spacial score (nSPS) is 11.9. The van der Waals surface area contributed by atoms with Crippen molar-refractivity contribution < 1.29 is 18.3 Å². The van der Waals surface area contributed by atoms with Gasteiger partial charge in [0.1, 0.15) is 18.1 Å². The summed E-state index contributed by atoms with van der Waals surface area (Å²) in [6.07, 6.45) is 2.74. The molecule has 7 heteroatoms. The number of hydrogen-bond acceptors (Lipinski definition) is 4. The van der Waals surface area contributed by atoms with Crippen molar-refractivity contribution in [2.45, 2.75) is 26.0 Å². The molecule has 1 aromatic carbocycles. The minimum Gasteiger partial charge on any atom is -0.478 e. The fourth-order valence-electron chi connectivity index (χ4n) is 2.34. The molecule has 6 nitrogen and oxygen atoms in total. The van der Waals surface area contributed by atoms with Crippen molar-refractivity contribution in [1.82, 2.24) is 9.78 Å². The van der Waals surface area contributed by atoms with E-state index in [1.54, 1.807) is 48.3 Å². The topological polar surface area (TPSA) is 69.3 Å². The van der Waals surface area contributed by atoms with E-state index in [4.69, 9.17) is 9.15 Å². The average molecular weight is 343 g/mol. The van der Waals surface area contributed by atoms with Crippen molar-refractivity contribution in [2.24, 2.45) is 0 Å². The lowest BCUT2D eigenvalue weighted by molar-refractivity contribution is -0.123. The number of carbonyl (C=O) groups is 1. The molecule has 2 heterocycles. The number of para-hydroxylation sites is 1. The number of halogens is 1. The zero-order valence-corrected chi connectivity index (χ0v) is 13.7. The Hall–Kier alpha value is -3.09. The predicted octanol–water partition coefficient (Wildman–Crippen LogP) is 3.46. The van der Waals surface area contributed by atoms with Crippen LogP contribution in [0.2, 0.25) is 0 Å². The van der Waals surface area contributed by atoms with E-state index >= 15 is 0 Å². The van der Waals surface area contributed by atoms with Gasteiger partial charge in [-0.05, 0) is 30.7 Å². The number of nitrogens with zero attached hydrogens (tertiary/aromatic N) is 2. The minimum atomic E-state index is -0.816. The molecule has 1 amide bonds. The number of rotatable bonds is 7. The molecular formula is C18H18FN3O3. The lowest BCUT2D eigenvalue weighted by Crippen LogP contribution is -2.33. The molecule has 0 saturated heterocycles. The first-order valence-corrected chi connectivity index (χ1v) is 7.93. The predicted molar refractivity (Wildman–Crippen MR) is 89.8 cm³/mol. The minimum absolute atomic E-state index is 0.0496. The quantitative estimate of drug-likeness (QED) is 0.713. The zero-order chi connectivity index (χ0) is 17.6. The van der Waals surface area contributed by atoms with E-state index in [9.17, 15) is 9.18 Å². The first-order chi connectivity index (χ1) is 12.2. The van der Waals surface area contributed by atoms with Gasteiger partial charge in [-0.1, -0.05) is 19.1 Å². The van der Waals surface area contributed by atoms with Crippen LogP contribution in [0.15, 0.2) is 59.3 Å². The number of carbonyl (C=O) groups excluding carboxylic acids is 1. The van der Waals surface area contributed by atoms with Crippen molar-refractivity contribution in [1.29, 1.82) is 0 Å². The molecule has 0 radical (unpaired) electrons. The third-order valence-corrected chi connectivity index (χ3v) is 3.62. The molecule has 0 bridgehead atoms. The third kappa shape index (κ3) is 4.06. The molecular weight excluding hydrogens is 325 g/mol. The summed E-state index contributed by atoms with van der Waals surface area (Å²) in [6, 6.07) is 11.3. The molecule has 1 atom stereocenters. The van der Waals surface area contributed by atoms with Gasteiger partial charge in [0.15, 0.2) is 17.7 Å². The summed E-state index contributed by atoms with van der Waals surface area (Å²) in [5.74, 6) is 0.406. The van der Waals surface area contributed by atoms with Crippen molar-refractivity contribution >= 4 is 11.7 Å². The highest BCUT2D eigenvalue weighted by Gasteiger charge is 2.21. The van der Waals surface area contributed by atoms with Crippen molar-refractivity contribution in [3.63, 3.8) is 0 Å². The average Bonchev–Trinajstić information content (AvgIpc) is 3.27. The number of ether oxygens (including phenoxy) is 1. The summed E-state index contributed by atoms with van der Waals surface area (Å²) in [6.45, 7) is 2.19. The van der Waals surface area contributed by atoms with Crippen molar-refractivity contribution in [3.8, 4) is 5.75 Å². The van der Waals surface area contributed by atoms with Gasteiger partial charge < -0.3 is 14.5 Å². The lowest BCUT2D eigenvalue weighted by atomic mass is 10.2. The molecule has 25 heavy (non-hydrogen) atoms. The Labute approximate surface area is 144 Å². The maximum absolute atomic E-state index is 13.7. The van der Waals surface area contributed by atoms with Crippen LogP contribution in [0.4, 0.5) is 10.2 Å². The number of benzene rings is 1. The molecule has 0 fully saturated rings. The van der Waals surface area contributed by atoms with Gasteiger partial charge in [-0.25, -0.2) is 9.07 Å². The first kappa shape index (κ1) is 16.8. The summed E-state index contributed by atoms with van der Waals surface area (Å²) < 4.78 is 26.1. The molecule has 0 unspecified atom stereocenters. The maximum atomic E-state index is 13.7. The number of furan rings is 1. The molecule has 0 aliphatic carbocycles. The second-order valence-electron chi connectivity index (χ2n) is 5.39. The van der Waals surface area contributed by atoms with E-state index < -0.39 is 11.9 Å². The Morgan fingerprint density at radius 3 is 2.88 bits per heavy atom. The molecule has 0 aliphatic rings. The highest BCUT2D eigenvalue weighted by Crippen LogP contribution is 2.19. The number of anilines is 1. The number of hydrogen-bond donors (Lipinski definition) is 1. The maximum Gasteiger partial charge on any atom is 0.266 e. The van der Waals surface area contributed by atoms with Gasteiger partial charge in [0.2, 0.25) is 0 Å². The van der Waals surface area contributed by atoms with Gasteiger partial charge >= 0.3 is 0 Å². The molecule has 1 N–H and O–H groups in total. The van der Waals surface area contributed by atoms with E-state index in [1.807, 2.05) is 6.07 Å². The zero-order valence-electron chi connectivity index (χ0n) is 13.7. The number of nitrogens with one attached hydrogen (secondary N) is 1. The second-order valence-corrected chi connectivity index (χ2v) is 5.39. The van der Waals surface area contributed by atoms with Crippen LogP contribution >= 0.6 is 0 Å². The Bertz CT molecular complexity index is 830. The molecule has 0 saturated carbocycles. The van der Waals surface area contributed by atoms with E-state index in [0.29, 0.717) is 24.5 Å². The van der Waals surface area contributed by atoms with Crippen LogP contribution in [-0.2, 0) is 11.3 Å². The van der Waals surface area contributed by atoms with Crippen molar-refractivity contribution in [3.05, 3.63) is 66.5 Å². The summed E-state index contributed by atoms with van der Waals surface area (Å²) >= 11 is 0. The van der Waals surface area contributed by atoms with Crippen LogP contribution < -0.4 is 10.1 Å². The molecule has 3 rings (SSSR count). The fraction of sp³-hybridized carbons (Fsp3) is 0.222. The standard InChI is InChI=1S/C18H18FN3O3/c1-2-15(25-16-8-4-3-7-14(16)19)18(23)21-17-9-10-20-22(17)12-13-6-5-11-24-13/h3-11,15H,2,12H2,1H3,(H,21,23)/t15-/m1/s1. The lowest BCUT2D eigenvalue weighted by Gasteiger charge is -2.18. The molecule has 0 spiro atoms. The number of aromatic nitrogens is 2. The van der Waals surface area contributed by atoms with Crippen molar-refractivity contribution in [2.75, 3.05) is 5.32 Å². The Balaban J connectivity index is 1.68. The summed E-state index contributed by atoms with van der Waals surface area (Å²) in [5, 5.41) is 6.93. The van der Waals surface area contributed by atoms with E-state index in [1.165, 1.54) is 12.1 Å². The van der Waals surface area contributed by atoms with Crippen LogP contribution in [0.1, 0.15) is 19.1 Å².